The van der Waals surface area contributed by atoms with Gasteiger partial charge in [-0.25, -0.2) is 4.68 Å². The third-order valence-electron chi connectivity index (χ3n) is 5.72. The number of amides is 1. The zero-order chi connectivity index (χ0) is 21.6. The molecule has 0 bridgehead atoms. The molecule has 4 rings (SSSR count). The van der Waals surface area contributed by atoms with Gasteiger partial charge in [-0.2, -0.15) is 5.10 Å². The maximum atomic E-state index is 13.0. The molecule has 2 aromatic carbocycles. The summed E-state index contributed by atoms with van der Waals surface area (Å²) in [6.45, 7) is 5.30. The summed E-state index contributed by atoms with van der Waals surface area (Å²) in [6, 6.07) is 24.1. The van der Waals surface area contributed by atoms with Crippen molar-refractivity contribution in [3.05, 3.63) is 100.0 Å². The molecule has 31 heavy (non-hydrogen) atoms. The quantitative estimate of drug-likeness (QED) is 0.619. The molecule has 0 N–H and O–H groups in total. The second kappa shape index (κ2) is 9.71. The molecule has 6 nitrogen and oxygen atoms in total. The fourth-order valence-corrected chi connectivity index (χ4v) is 4.16. The number of hydrogen-bond acceptors (Lipinski definition) is 4. The molecule has 1 saturated heterocycles. The van der Waals surface area contributed by atoms with Gasteiger partial charge < -0.3 is 4.90 Å². The molecule has 1 aliphatic rings. The first-order valence-corrected chi connectivity index (χ1v) is 10.9. The van der Waals surface area contributed by atoms with Crippen molar-refractivity contribution in [3.8, 4) is 0 Å². The summed E-state index contributed by atoms with van der Waals surface area (Å²) in [7, 11) is 0. The number of piperazine rings is 1. The maximum absolute atomic E-state index is 13.0. The maximum Gasteiger partial charge on any atom is 0.274 e. The molecule has 2 heterocycles. The van der Waals surface area contributed by atoms with Crippen LogP contribution in [0.5, 0.6) is 0 Å². The van der Waals surface area contributed by atoms with Crippen molar-refractivity contribution >= 4 is 5.91 Å². The number of hydrogen-bond donors (Lipinski definition) is 0. The van der Waals surface area contributed by atoms with Crippen LogP contribution in [0.25, 0.3) is 0 Å². The van der Waals surface area contributed by atoms with Gasteiger partial charge in [0.05, 0.1) is 6.04 Å². The van der Waals surface area contributed by atoms with Crippen LogP contribution in [0.15, 0.2) is 77.6 Å². The fraction of sp³-hybridized carbons (Fsp3) is 0.320. The minimum absolute atomic E-state index is 0.111. The first-order chi connectivity index (χ1) is 15.2. The van der Waals surface area contributed by atoms with Crippen molar-refractivity contribution in [2.75, 3.05) is 26.2 Å². The van der Waals surface area contributed by atoms with Gasteiger partial charge in [-0.1, -0.05) is 67.6 Å². The Balaban J connectivity index is 1.50. The van der Waals surface area contributed by atoms with Crippen LogP contribution in [0.1, 0.15) is 41.0 Å². The van der Waals surface area contributed by atoms with Crippen LogP contribution in [0, 0.1) is 0 Å². The first-order valence-electron chi connectivity index (χ1n) is 10.9. The average molecular weight is 417 g/mol. The van der Waals surface area contributed by atoms with Crippen LogP contribution < -0.4 is 5.56 Å². The van der Waals surface area contributed by atoms with Gasteiger partial charge in [-0.15, -0.1) is 0 Å². The number of rotatable bonds is 6. The number of aromatic nitrogens is 2. The number of carbonyl (C=O) groups is 1. The van der Waals surface area contributed by atoms with E-state index in [-0.39, 0.29) is 17.5 Å². The Labute approximate surface area is 182 Å². The second-order valence-corrected chi connectivity index (χ2v) is 7.83. The van der Waals surface area contributed by atoms with E-state index in [0.717, 1.165) is 19.5 Å². The number of aryl methyl sites for hydroxylation is 1. The normalized spacial score (nSPS) is 14.7. The lowest BCUT2D eigenvalue weighted by Crippen LogP contribution is -2.50. The Kier molecular flexibility index (Phi) is 6.57. The molecule has 0 saturated carbocycles. The molecule has 1 aliphatic heterocycles. The van der Waals surface area contributed by atoms with Crippen LogP contribution in [0.4, 0.5) is 0 Å². The highest BCUT2D eigenvalue weighted by Crippen LogP contribution is 2.29. The lowest BCUT2D eigenvalue weighted by Gasteiger charge is -2.39. The summed E-state index contributed by atoms with van der Waals surface area (Å²) in [5.74, 6) is -0.111. The van der Waals surface area contributed by atoms with Gasteiger partial charge in [0.15, 0.2) is 0 Å². The van der Waals surface area contributed by atoms with E-state index < -0.39 is 0 Å². The SMILES string of the molecule is CCCn1nc(C(=O)N2CCN(C(c3ccccc3)c3ccccc3)CC2)ccc1=O. The largest absolute Gasteiger partial charge is 0.335 e. The summed E-state index contributed by atoms with van der Waals surface area (Å²) < 4.78 is 1.38. The van der Waals surface area contributed by atoms with E-state index in [9.17, 15) is 9.59 Å². The Morgan fingerprint density at radius 1 is 0.871 bits per heavy atom. The summed E-state index contributed by atoms with van der Waals surface area (Å²) >= 11 is 0. The molecule has 0 atom stereocenters. The first kappa shape index (κ1) is 21.0. The molecular weight excluding hydrogens is 388 g/mol. The highest BCUT2D eigenvalue weighted by Gasteiger charge is 2.29. The molecular formula is C25H28N4O2. The van der Waals surface area contributed by atoms with Crippen LogP contribution in [-0.4, -0.2) is 51.7 Å². The van der Waals surface area contributed by atoms with Crippen molar-refractivity contribution in [1.29, 1.82) is 0 Å². The average Bonchev–Trinajstić information content (AvgIpc) is 2.82. The molecule has 0 unspecified atom stereocenters. The summed E-state index contributed by atoms with van der Waals surface area (Å²) in [5.41, 5.74) is 2.67. The number of benzene rings is 2. The van der Waals surface area contributed by atoms with Crippen LogP contribution in [-0.2, 0) is 6.54 Å². The van der Waals surface area contributed by atoms with Gasteiger partial charge in [0.1, 0.15) is 5.69 Å². The van der Waals surface area contributed by atoms with E-state index in [4.69, 9.17) is 0 Å². The van der Waals surface area contributed by atoms with Crippen LogP contribution in [0.2, 0.25) is 0 Å². The van der Waals surface area contributed by atoms with Gasteiger partial charge in [-0.05, 0) is 23.6 Å². The minimum atomic E-state index is -0.170. The number of carbonyl (C=O) groups excluding carboxylic acids is 1. The van der Waals surface area contributed by atoms with Gasteiger partial charge in [0, 0.05) is 38.8 Å². The summed E-state index contributed by atoms with van der Waals surface area (Å²) in [5, 5.41) is 4.29. The second-order valence-electron chi connectivity index (χ2n) is 7.83. The van der Waals surface area contributed by atoms with Crippen molar-refractivity contribution < 1.29 is 4.79 Å². The molecule has 3 aromatic rings. The minimum Gasteiger partial charge on any atom is -0.335 e. The van der Waals surface area contributed by atoms with Crippen LogP contribution in [0.3, 0.4) is 0 Å². The fourth-order valence-electron chi connectivity index (χ4n) is 4.16. The van der Waals surface area contributed by atoms with E-state index in [0.29, 0.717) is 25.3 Å². The van der Waals surface area contributed by atoms with Gasteiger partial charge in [0.25, 0.3) is 11.5 Å². The monoisotopic (exact) mass is 416 g/mol. The molecule has 0 spiro atoms. The zero-order valence-electron chi connectivity index (χ0n) is 17.9. The Morgan fingerprint density at radius 3 is 2.00 bits per heavy atom. The van der Waals surface area contributed by atoms with E-state index in [2.05, 4.69) is 58.5 Å². The lowest BCUT2D eigenvalue weighted by atomic mass is 9.96. The third-order valence-corrected chi connectivity index (χ3v) is 5.72. The Hall–Kier alpha value is -3.25. The lowest BCUT2D eigenvalue weighted by molar-refractivity contribution is 0.0589. The Morgan fingerprint density at radius 2 is 1.45 bits per heavy atom. The topological polar surface area (TPSA) is 58.4 Å². The molecule has 0 radical (unpaired) electrons. The standard InChI is InChI=1S/C25H28N4O2/c1-2-15-29-23(30)14-13-22(26-29)25(31)28-18-16-27(17-19-28)24(20-9-5-3-6-10-20)21-11-7-4-8-12-21/h3-14,24H,2,15-19H2,1H3. The predicted molar refractivity (Wildman–Crippen MR) is 121 cm³/mol. The molecule has 1 aromatic heterocycles. The van der Waals surface area contributed by atoms with Crippen molar-refractivity contribution in [2.24, 2.45) is 0 Å². The predicted octanol–water partition coefficient (Wildman–Crippen LogP) is 3.20. The number of nitrogens with zero attached hydrogens (tertiary/aromatic N) is 4. The molecule has 1 fully saturated rings. The van der Waals surface area contributed by atoms with Gasteiger partial charge in [-0.3, -0.25) is 14.5 Å². The molecule has 6 heteroatoms. The highest BCUT2D eigenvalue weighted by molar-refractivity contribution is 5.92. The smallest absolute Gasteiger partial charge is 0.274 e. The van der Waals surface area contributed by atoms with Gasteiger partial charge >= 0.3 is 0 Å². The zero-order valence-corrected chi connectivity index (χ0v) is 17.9. The van der Waals surface area contributed by atoms with E-state index in [1.165, 1.54) is 21.9 Å². The summed E-state index contributed by atoms with van der Waals surface area (Å²) in [6.07, 6.45) is 0.795. The Bertz CT molecular complexity index is 1020. The molecule has 1 amide bonds. The van der Waals surface area contributed by atoms with Crippen LogP contribution >= 0.6 is 0 Å². The highest BCUT2D eigenvalue weighted by atomic mass is 16.2. The van der Waals surface area contributed by atoms with E-state index in [1.807, 2.05) is 24.0 Å². The van der Waals surface area contributed by atoms with Crippen molar-refractivity contribution in [1.82, 2.24) is 19.6 Å². The molecule has 160 valence electrons. The van der Waals surface area contributed by atoms with Crippen molar-refractivity contribution in [2.45, 2.75) is 25.9 Å². The van der Waals surface area contributed by atoms with E-state index >= 15 is 0 Å². The van der Waals surface area contributed by atoms with Crippen molar-refractivity contribution in [3.63, 3.8) is 0 Å². The van der Waals surface area contributed by atoms with Gasteiger partial charge in [0.2, 0.25) is 0 Å². The van der Waals surface area contributed by atoms with E-state index in [1.54, 1.807) is 6.07 Å². The summed E-state index contributed by atoms with van der Waals surface area (Å²) in [4.78, 5) is 29.2. The molecule has 0 aliphatic carbocycles. The third kappa shape index (κ3) is 4.75.